The summed E-state index contributed by atoms with van der Waals surface area (Å²) in [4.78, 5) is 124. The fourth-order valence-corrected chi connectivity index (χ4v) is 10.9. The number of pyridine rings is 2. The van der Waals surface area contributed by atoms with Gasteiger partial charge in [0.25, 0.3) is 17.4 Å². The first-order valence-corrected chi connectivity index (χ1v) is 28.8. The van der Waals surface area contributed by atoms with Crippen molar-refractivity contribution in [2.24, 2.45) is 5.92 Å². The SMILES string of the molecule is CC[C@@]1(O)C(=O)OCc2c1cc1n(c2=O)Cc2c-1nc1cc(F)c(C)c3c1c2[C@@H](NC(=O)COCN(CCS(C)(=O)=O)C(=O)OCc1ccc(NC(=O)[C@H](C)NC(=O)[C@@H](NC(=O)CCCCCN2C(=O)C=CC2=O)C(C)C)cc1)CC3. The highest BCUT2D eigenvalue weighted by Crippen LogP contribution is 2.46. The minimum atomic E-state index is -3.58. The number of amides is 7. The minimum absolute atomic E-state index is 0.0232. The van der Waals surface area contributed by atoms with Gasteiger partial charge in [-0.1, -0.05) is 39.3 Å². The quantitative estimate of drug-likeness (QED) is 0.0271. The van der Waals surface area contributed by atoms with Gasteiger partial charge in [0.1, 0.15) is 54.3 Å². The van der Waals surface area contributed by atoms with Crippen LogP contribution in [0.3, 0.4) is 0 Å². The molecule has 2 aromatic carbocycles. The van der Waals surface area contributed by atoms with Crippen LogP contribution in [0.4, 0.5) is 14.9 Å². The van der Waals surface area contributed by atoms with Crippen molar-refractivity contribution in [3.05, 3.63) is 104 Å². The number of hydrogen-bond acceptors (Lipinski definition) is 16. The smallest absolute Gasteiger partial charge is 0.411 e. The average Bonchev–Trinajstić information content (AvgIpc) is 4.11. The number of halogens is 1. The molecule has 23 nitrogen and oxygen atoms in total. The Morgan fingerprint density at radius 1 is 0.951 bits per heavy atom. The standard InChI is InChI=1S/C56H65FN8O15S/c1-7-56(75)38-23-42-50-36(25-65(42)53(72)37(38)27-79-54(56)73)48-40(17-16-35-31(4)39(57)24-41(61-50)47(35)48)60-44(67)28-78-29-63(21-22-81(6,76)77)55(74)80-26-33-12-14-34(15-13-33)59-51(70)32(5)58-52(71)49(30(2)3)62-43(66)11-9-8-10-20-64-45(68)18-19-46(64)69/h12-15,18-19,23-24,30,32,40,49,75H,7-11,16-17,20-22,25-29H2,1-6H3,(H,58,71)(H,59,70)(H,60,67)(H,62,66)/t32-,40-,49-,56-/m0/s1. The molecule has 0 spiro atoms. The number of nitrogens with one attached hydrogen (secondary N) is 4. The maximum atomic E-state index is 15.5. The Bertz CT molecular complexity index is 3420. The van der Waals surface area contributed by atoms with Gasteiger partial charge in [0.15, 0.2) is 5.60 Å². The second kappa shape index (κ2) is 24.4. The van der Waals surface area contributed by atoms with E-state index in [4.69, 9.17) is 19.2 Å². The molecule has 432 valence electrons. The number of aromatic nitrogens is 2. The van der Waals surface area contributed by atoms with E-state index in [1.54, 1.807) is 58.0 Å². The Hall–Kier alpha value is -7.90. The van der Waals surface area contributed by atoms with Crippen LogP contribution < -0.4 is 26.8 Å². The topological polar surface area (TPSA) is 308 Å². The zero-order chi connectivity index (χ0) is 58.7. The molecule has 3 aliphatic heterocycles. The fraction of sp³-hybridized carbons (Fsp3) is 0.464. The number of esters is 1. The molecule has 0 fully saturated rings. The predicted molar refractivity (Wildman–Crippen MR) is 290 cm³/mol. The Morgan fingerprint density at radius 2 is 1.67 bits per heavy atom. The normalized spacial score (nSPS) is 17.7. The van der Waals surface area contributed by atoms with Crippen LogP contribution in [0.5, 0.6) is 0 Å². The first-order valence-electron chi connectivity index (χ1n) is 26.7. The van der Waals surface area contributed by atoms with Crippen molar-refractivity contribution in [2.45, 2.75) is 123 Å². The van der Waals surface area contributed by atoms with Gasteiger partial charge in [-0.2, -0.15) is 0 Å². The molecule has 0 saturated heterocycles. The molecule has 7 amide bonds. The molecule has 0 radical (unpaired) electrons. The van der Waals surface area contributed by atoms with Crippen LogP contribution in [0.1, 0.15) is 111 Å². The number of anilines is 1. The number of aryl methyl sites for hydroxylation is 1. The van der Waals surface area contributed by atoms with Gasteiger partial charge in [-0.25, -0.2) is 27.4 Å². The minimum Gasteiger partial charge on any atom is -0.458 e. The molecule has 5 heterocycles. The van der Waals surface area contributed by atoms with Crippen LogP contribution in [0.15, 0.2) is 53.3 Å². The van der Waals surface area contributed by atoms with E-state index in [2.05, 4.69) is 21.3 Å². The number of cyclic esters (lactones) is 1. The van der Waals surface area contributed by atoms with E-state index in [1.165, 1.54) is 29.7 Å². The van der Waals surface area contributed by atoms with Gasteiger partial charge in [0, 0.05) is 66.2 Å². The first-order chi connectivity index (χ1) is 38.4. The number of carbonyl (C=O) groups excluding carboxylic acids is 8. The molecule has 2 aromatic heterocycles. The average molecular weight is 1140 g/mol. The largest absolute Gasteiger partial charge is 0.458 e. The molecule has 4 aromatic rings. The van der Waals surface area contributed by atoms with Crippen LogP contribution in [0.2, 0.25) is 0 Å². The van der Waals surface area contributed by atoms with Crippen LogP contribution in [0, 0.1) is 18.7 Å². The Morgan fingerprint density at radius 3 is 2.35 bits per heavy atom. The van der Waals surface area contributed by atoms with Crippen LogP contribution in [0.25, 0.3) is 22.3 Å². The Labute approximate surface area is 465 Å². The number of rotatable bonds is 23. The van der Waals surface area contributed by atoms with Crippen molar-refractivity contribution in [2.75, 3.05) is 43.8 Å². The van der Waals surface area contributed by atoms with E-state index in [1.807, 2.05) is 0 Å². The number of unbranched alkanes of at least 4 members (excludes halogenated alkanes) is 2. The molecule has 25 heteroatoms. The van der Waals surface area contributed by atoms with Gasteiger partial charge >= 0.3 is 12.1 Å². The van der Waals surface area contributed by atoms with Crippen molar-refractivity contribution in [1.82, 2.24) is 35.3 Å². The molecule has 0 saturated carbocycles. The summed E-state index contributed by atoms with van der Waals surface area (Å²) < 4.78 is 57.7. The molecule has 5 N–H and O–H groups in total. The third kappa shape index (κ3) is 13.0. The molecule has 0 unspecified atom stereocenters. The molecule has 8 rings (SSSR count). The van der Waals surface area contributed by atoms with Gasteiger partial charge in [0.2, 0.25) is 23.6 Å². The number of benzene rings is 2. The van der Waals surface area contributed by atoms with Gasteiger partial charge in [0.05, 0.1) is 40.8 Å². The van der Waals surface area contributed by atoms with Gasteiger partial charge in [-0.3, -0.25) is 43.4 Å². The molecule has 81 heavy (non-hydrogen) atoms. The number of hydrogen-bond donors (Lipinski definition) is 5. The fourth-order valence-electron chi connectivity index (χ4n) is 10.4. The third-order valence-corrected chi connectivity index (χ3v) is 15.9. The lowest BCUT2D eigenvalue weighted by Gasteiger charge is -2.31. The lowest BCUT2D eigenvalue weighted by Crippen LogP contribution is -2.53. The van der Waals surface area contributed by atoms with E-state index in [0.29, 0.717) is 82.4 Å². The number of aliphatic hydroxyl groups is 1. The highest BCUT2D eigenvalue weighted by molar-refractivity contribution is 7.90. The van der Waals surface area contributed by atoms with E-state index >= 15 is 4.39 Å². The lowest BCUT2D eigenvalue weighted by molar-refractivity contribution is -0.172. The molecular weight excluding hydrogens is 1080 g/mol. The second-order valence-electron chi connectivity index (χ2n) is 21.1. The summed E-state index contributed by atoms with van der Waals surface area (Å²) in [5.41, 5.74) is 1.74. The zero-order valence-electron chi connectivity index (χ0n) is 45.8. The number of fused-ring (bicyclic) bond motifs is 5. The molecular formula is C56H65FN8O15S. The number of ether oxygens (including phenoxy) is 3. The third-order valence-electron chi connectivity index (χ3n) is 15.0. The lowest BCUT2D eigenvalue weighted by atomic mass is 9.81. The van der Waals surface area contributed by atoms with Crippen molar-refractivity contribution in [3.63, 3.8) is 0 Å². The molecule has 1 aliphatic carbocycles. The second-order valence-corrected chi connectivity index (χ2v) is 23.3. The first kappa shape index (κ1) is 59.2. The highest BCUT2D eigenvalue weighted by Gasteiger charge is 2.46. The van der Waals surface area contributed by atoms with Crippen LogP contribution in [-0.2, 0) is 89.4 Å². The summed E-state index contributed by atoms with van der Waals surface area (Å²) in [5.74, 6) is -4.96. The summed E-state index contributed by atoms with van der Waals surface area (Å²) in [6.45, 7) is 6.42. The van der Waals surface area contributed by atoms with E-state index in [-0.39, 0.29) is 86.0 Å². The van der Waals surface area contributed by atoms with Crippen LogP contribution >= 0.6 is 0 Å². The summed E-state index contributed by atoms with van der Waals surface area (Å²) in [6, 6.07) is 6.44. The summed E-state index contributed by atoms with van der Waals surface area (Å²) in [5, 5.41) is 23.1. The summed E-state index contributed by atoms with van der Waals surface area (Å²) in [7, 11) is -3.58. The van der Waals surface area contributed by atoms with Gasteiger partial charge in [-0.15, -0.1) is 0 Å². The zero-order valence-corrected chi connectivity index (χ0v) is 46.6. The number of imide groups is 1. The molecule has 4 atom stereocenters. The van der Waals surface area contributed by atoms with Crippen molar-refractivity contribution >= 4 is 73.9 Å². The van der Waals surface area contributed by atoms with E-state index < -0.39 is 93.8 Å². The Kier molecular flexibility index (Phi) is 17.9. The maximum absolute atomic E-state index is 15.5. The predicted octanol–water partition coefficient (Wildman–Crippen LogP) is 3.36. The van der Waals surface area contributed by atoms with Crippen LogP contribution in [-0.4, -0.2) is 131 Å². The highest BCUT2D eigenvalue weighted by atomic mass is 32.2. The van der Waals surface area contributed by atoms with Crippen molar-refractivity contribution < 1.29 is 70.5 Å². The van der Waals surface area contributed by atoms with E-state index in [0.717, 1.165) is 16.1 Å². The van der Waals surface area contributed by atoms with Crippen molar-refractivity contribution in [1.29, 1.82) is 0 Å². The molecule has 4 aliphatic rings. The number of sulfone groups is 1. The summed E-state index contributed by atoms with van der Waals surface area (Å²) >= 11 is 0. The van der Waals surface area contributed by atoms with Gasteiger partial charge < -0.3 is 45.2 Å². The van der Waals surface area contributed by atoms with Gasteiger partial charge in [-0.05, 0) is 92.3 Å². The summed E-state index contributed by atoms with van der Waals surface area (Å²) in [6.07, 6.45) is 4.79. The van der Waals surface area contributed by atoms with Crippen molar-refractivity contribution in [3.8, 4) is 11.4 Å². The van der Waals surface area contributed by atoms with E-state index in [9.17, 15) is 56.7 Å². The maximum Gasteiger partial charge on any atom is 0.411 e. The number of nitrogens with zero attached hydrogens (tertiary/aromatic N) is 4. The number of carbonyl (C=O) groups is 8. The molecule has 0 bridgehead atoms. The Balaban J connectivity index is 0.843. The monoisotopic (exact) mass is 1140 g/mol.